The summed E-state index contributed by atoms with van der Waals surface area (Å²) in [6.45, 7) is 3.62. The molecule has 0 fully saturated rings. The largest absolute Gasteiger partial charge is 0.478 e. The SMILES string of the molecule is CC(C)C(C(N)=O)(c1ccccc1)N1C(=O)[C@H](NC(=O)Nc2cccc(C(=O)O)c2)N=C(c2ccccc2)c2ccccc21. The lowest BCUT2D eigenvalue weighted by Gasteiger charge is -2.45. The first-order valence-corrected chi connectivity index (χ1v) is 14.0. The third-order valence-corrected chi connectivity index (χ3v) is 7.57. The Hall–Kier alpha value is -5.77. The van der Waals surface area contributed by atoms with E-state index < -0.39 is 41.4 Å². The fraction of sp³-hybridized carbons (Fsp3) is 0.147. The van der Waals surface area contributed by atoms with Crippen LogP contribution in [0.2, 0.25) is 0 Å². The number of urea groups is 1. The smallest absolute Gasteiger partial charge is 0.335 e. The fourth-order valence-electron chi connectivity index (χ4n) is 5.62. The van der Waals surface area contributed by atoms with Crippen LogP contribution in [0.15, 0.2) is 114 Å². The van der Waals surface area contributed by atoms with Gasteiger partial charge in [-0.3, -0.25) is 14.5 Å². The van der Waals surface area contributed by atoms with Crippen molar-refractivity contribution in [2.45, 2.75) is 25.6 Å². The van der Waals surface area contributed by atoms with Gasteiger partial charge in [-0.2, -0.15) is 0 Å². The molecule has 4 amide bonds. The summed E-state index contributed by atoms with van der Waals surface area (Å²) in [4.78, 5) is 59.3. The number of para-hydroxylation sites is 1. The molecule has 1 aliphatic rings. The first-order valence-electron chi connectivity index (χ1n) is 14.0. The molecule has 4 aromatic carbocycles. The summed E-state index contributed by atoms with van der Waals surface area (Å²) >= 11 is 0. The second-order valence-corrected chi connectivity index (χ2v) is 10.6. The van der Waals surface area contributed by atoms with Crippen LogP contribution in [-0.4, -0.2) is 40.8 Å². The number of fused-ring (bicyclic) bond motifs is 1. The quantitative estimate of drug-likeness (QED) is 0.234. The molecule has 222 valence electrons. The molecule has 1 aliphatic heterocycles. The van der Waals surface area contributed by atoms with E-state index in [0.29, 0.717) is 28.1 Å². The number of hydrogen-bond acceptors (Lipinski definition) is 5. The molecule has 0 saturated carbocycles. The van der Waals surface area contributed by atoms with Crippen molar-refractivity contribution in [3.63, 3.8) is 0 Å². The van der Waals surface area contributed by atoms with Crippen LogP contribution < -0.4 is 21.3 Å². The number of carbonyl (C=O) groups is 4. The zero-order chi connectivity index (χ0) is 31.4. The number of benzodiazepines with no additional fused rings is 1. The zero-order valence-corrected chi connectivity index (χ0v) is 24.1. The highest BCUT2D eigenvalue weighted by Gasteiger charge is 2.53. The number of primary amides is 1. The van der Waals surface area contributed by atoms with Crippen molar-refractivity contribution in [2.24, 2.45) is 16.6 Å². The van der Waals surface area contributed by atoms with Gasteiger partial charge in [-0.05, 0) is 35.7 Å². The summed E-state index contributed by atoms with van der Waals surface area (Å²) in [7, 11) is 0. The summed E-state index contributed by atoms with van der Waals surface area (Å²) in [5, 5.41) is 14.6. The second kappa shape index (κ2) is 12.2. The zero-order valence-electron chi connectivity index (χ0n) is 24.1. The lowest BCUT2D eigenvalue weighted by Crippen LogP contribution is -2.64. The summed E-state index contributed by atoms with van der Waals surface area (Å²) in [5.41, 5.74) is 7.31. The maximum atomic E-state index is 14.7. The van der Waals surface area contributed by atoms with E-state index in [-0.39, 0.29) is 11.3 Å². The predicted molar refractivity (Wildman–Crippen MR) is 168 cm³/mol. The number of amides is 4. The van der Waals surface area contributed by atoms with Crippen LogP contribution in [0.3, 0.4) is 0 Å². The highest BCUT2D eigenvalue weighted by molar-refractivity contribution is 6.21. The Morgan fingerprint density at radius 3 is 2.16 bits per heavy atom. The Morgan fingerprint density at radius 1 is 0.886 bits per heavy atom. The third kappa shape index (κ3) is 5.40. The normalized spacial score (nSPS) is 15.8. The molecule has 0 radical (unpaired) electrons. The predicted octanol–water partition coefficient (Wildman–Crippen LogP) is 4.75. The number of aliphatic imine (C=N–C) groups is 1. The van der Waals surface area contributed by atoms with E-state index >= 15 is 0 Å². The van der Waals surface area contributed by atoms with Gasteiger partial charge in [-0.25, -0.2) is 14.6 Å². The standard InChI is InChI=1S/C34H31N5O5/c1-21(2)34(32(35)43,24-15-7-4-8-16-24)39-27-19-10-9-18-26(27)28(22-12-5-3-6-13-22)37-29(30(39)40)38-33(44)36-25-17-11-14-23(20-25)31(41)42/h3-21,29H,1-2H3,(H2,35,43)(H,41,42)(H2,36,38,44)/t29-,34?/m0/s1. The minimum atomic E-state index is -1.66. The number of nitrogens with zero attached hydrogens (tertiary/aromatic N) is 2. The van der Waals surface area contributed by atoms with Crippen LogP contribution >= 0.6 is 0 Å². The van der Waals surface area contributed by atoms with Gasteiger partial charge in [0.1, 0.15) is 0 Å². The maximum Gasteiger partial charge on any atom is 0.335 e. The van der Waals surface area contributed by atoms with Crippen LogP contribution in [0.4, 0.5) is 16.2 Å². The van der Waals surface area contributed by atoms with E-state index in [9.17, 15) is 24.3 Å². The molecule has 0 aliphatic carbocycles. The fourth-order valence-corrected chi connectivity index (χ4v) is 5.62. The van der Waals surface area contributed by atoms with Crippen LogP contribution in [0.5, 0.6) is 0 Å². The molecule has 10 nitrogen and oxygen atoms in total. The monoisotopic (exact) mass is 589 g/mol. The number of carboxylic acid groups (broad SMARTS) is 1. The number of nitrogens with one attached hydrogen (secondary N) is 2. The summed E-state index contributed by atoms with van der Waals surface area (Å²) in [5.74, 6) is -3.10. The van der Waals surface area contributed by atoms with Gasteiger partial charge in [-0.15, -0.1) is 0 Å². The van der Waals surface area contributed by atoms with E-state index in [1.165, 1.54) is 29.2 Å². The lowest BCUT2D eigenvalue weighted by atomic mass is 9.76. The number of rotatable bonds is 8. The summed E-state index contributed by atoms with van der Waals surface area (Å²) in [6.07, 6.45) is -1.50. The van der Waals surface area contributed by atoms with Crippen molar-refractivity contribution >= 4 is 40.9 Å². The minimum absolute atomic E-state index is 0.0228. The molecular formula is C34H31N5O5. The molecule has 2 atom stereocenters. The van der Waals surface area contributed by atoms with E-state index in [2.05, 4.69) is 10.6 Å². The number of anilines is 2. The van der Waals surface area contributed by atoms with Crippen molar-refractivity contribution in [3.05, 3.63) is 131 Å². The van der Waals surface area contributed by atoms with Crippen molar-refractivity contribution in [2.75, 3.05) is 10.2 Å². The van der Waals surface area contributed by atoms with Gasteiger partial charge in [0.05, 0.1) is 17.0 Å². The highest BCUT2D eigenvalue weighted by Crippen LogP contribution is 2.43. The van der Waals surface area contributed by atoms with Gasteiger partial charge in [0, 0.05) is 16.8 Å². The Bertz CT molecular complexity index is 1760. The Balaban J connectivity index is 1.69. The van der Waals surface area contributed by atoms with Crippen molar-refractivity contribution in [1.82, 2.24) is 5.32 Å². The average Bonchev–Trinajstić information content (AvgIpc) is 3.13. The molecule has 5 rings (SSSR count). The van der Waals surface area contributed by atoms with E-state index in [1.54, 1.807) is 54.6 Å². The summed E-state index contributed by atoms with van der Waals surface area (Å²) in [6, 6.07) is 30.0. The Kier molecular flexibility index (Phi) is 8.25. The van der Waals surface area contributed by atoms with Gasteiger partial charge >= 0.3 is 12.0 Å². The lowest BCUT2D eigenvalue weighted by molar-refractivity contribution is -0.131. The topological polar surface area (TPSA) is 154 Å². The molecule has 0 aromatic heterocycles. The van der Waals surface area contributed by atoms with Gasteiger partial charge in [0.15, 0.2) is 5.54 Å². The number of carbonyl (C=O) groups excluding carboxylic acids is 3. The molecule has 0 saturated heterocycles. The molecule has 4 aromatic rings. The molecule has 1 unspecified atom stereocenters. The Labute approximate surface area is 254 Å². The van der Waals surface area contributed by atoms with Gasteiger partial charge in [0.25, 0.3) is 5.91 Å². The van der Waals surface area contributed by atoms with Crippen LogP contribution in [0, 0.1) is 5.92 Å². The summed E-state index contributed by atoms with van der Waals surface area (Å²) < 4.78 is 0. The van der Waals surface area contributed by atoms with Crippen LogP contribution in [0.25, 0.3) is 0 Å². The van der Waals surface area contributed by atoms with Gasteiger partial charge < -0.3 is 21.5 Å². The van der Waals surface area contributed by atoms with Crippen molar-refractivity contribution in [1.29, 1.82) is 0 Å². The number of aromatic carboxylic acids is 1. The first kappa shape index (κ1) is 29.7. The minimum Gasteiger partial charge on any atom is -0.478 e. The van der Waals surface area contributed by atoms with E-state index in [4.69, 9.17) is 10.7 Å². The van der Waals surface area contributed by atoms with Crippen molar-refractivity contribution < 1.29 is 24.3 Å². The van der Waals surface area contributed by atoms with Gasteiger partial charge in [-0.1, -0.05) is 98.8 Å². The van der Waals surface area contributed by atoms with Crippen LogP contribution in [-0.2, 0) is 15.1 Å². The highest BCUT2D eigenvalue weighted by atomic mass is 16.4. The number of hydrogen-bond donors (Lipinski definition) is 4. The van der Waals surface area contributed by atoms with Crippen LogP contribution in [0.1, 0.15) is 40.9 Å². The molecule has 44 heavy (non-hydrogen) atoms. The van der Waals surface area contributed by atoms with E-state index in [1.807, 2.05) is 44.2 Å². The number of carboxylic acids is 1. The molecule has 0 spiro atoms. The maximum absolute atomic E-state index is 14.7. The molecule has 10 heteroatoms. The average molecular weight is 590 g/mol. The van der Waals surface area contributed by atoms with Gasteiger partial charge in [0.2, 0.25) is 12.1 Å². The molecule has 1 heterocycles. The van der Waals surface area contributed by atoms with E-state index in [0.717, 1.165) is 0 Å². The van der Waals surface area contributed by atoms with Crippen molar-refractivity contribution in [3.8, 4) is 0 Å². The number of nitrogens with two attached hydrogens (primary N) is 1. The first-order chi connectivity index (χ1) is 21.1. The molecule has 0 bridgehead atoms. The molecular weight excluding hydrogens is 558 g/mol. The second-order valence-electron chi connectivity index (χ2n) is 10.6. The molecule has 5 N–H and O–H groups in total. The third-order valence-electron chi connectivity index (χ3n) is 7.57. The Morgan fingerprint density at radius 2 is 1.52 bits per heavy atom. The number of benzene rings is 4.